The van der Waals surface area contributed by atoms with E-state index >= 15 is 0 Å². The molecule has 1 N–H and O–H groups in total. The Morgan fingerprint density at radius 2 is 1.82 bits per heavy atom. The van der Waals surface area contributed by atoms with Gasteiger partial charge in [-0.15, -0.1) is 0 Å². The summed E-state index contributed by atoms with van der Waals surface area (Å²) in [5.41, 5.74) is 4.49. The highest BCUT2D eigenvalue weighted by atomic mass is 16.5. The van der Waals surface area contributed by atoms with Crippen LogP contribution in [0.25, 0.3) is 0 Å². The largest absolute Gasteiger partial charge is 0.375 e. The Kier molecular flexibility index (Phi) is 5.84. The van der Waals surface area contributed by atoms with Crippen LogP contribution in [-0.2, 0) is 21.4 Å². The van der Waals surface area contributed by atoms with Gasteiger partial charge in [-0.2, -0.15) is 0 Å². The molecule has 0 radical (unpaired) electrons. The van der Waals surface area contributed by atoms with Crippen molar-refractivity contribution < 1.29 is 14.3 Å². The number of amides is 2. The van der Waals surface area contributed by atoms with Gasteiger partial charge < -0.3 is 15.0 Å². The third kappa shape index (κ3) is 4.42. The van der Waals surface area contributed by atoms with E-state index in [4.69, 9.17) is 4.74 Å². The zero-order chi connectivity index (χ0) is 20.3. The normalized spacial score (nSPS) is 13.8. The van der Waals surface area contributed by atoms with Crippen molar-refractivity contribution in [3.05, 3.63) is 59.2 Å². The van der Waals surface area contributed by atoms with E-state index < -0.39 is 0 Å². The molecule has 5 heteroatoms. The number of ether oxygens (including phenoxy) is 1. The zero-order valence-electron chi connectivity index (χ0n) is 17.0. The van der Waals surface area contributed by atoms with Gasteiger partial charge in [0.1, 0.15) is 6.61 Å². The molecule has 1 aliphatic rings. The third-order valence-corrected chi connectivity index (χ3v) is 5.04. The molecule has 2 aromatic carbocycles. The molecule has 0 aliphatic carbocycles. The Morgan fingerprint density at radius 1 is 1.11 bits per heavy atom. The summed E-state index contributed by atoms with van der Waals surface area (Å²) in [6.07, 6.45) is 1.85. The summed E-state index contributed by atoms with van der Waals surface area (Å²) in [5, 5.41) is 2.95. The number of rotatable bonds is 4. The summed E-state index contributed by atoms with van der Waals surface area (Å²) < 4.78 is 5.00. The highest BCUT2D eigenvalue weighted by Crippen LogP contribution is 2.30. The molecule has 0 spiro atoms. The molecule has 0 fully saturated rings. The monoisotopic (exact) mass is 380 g/mol. The van der Waals surface area contributed by atoms with Crippen molar-refractivity contribution in [3.63, 3.8) is 0 Å². The fraction of sp³-hybridized carbons (Fsp3) is 0.391. The lowest BCUT2D eigenvalue weighted by molar-refractivity contribution is -0.122. The molecule has 5 nitrogen and oxygen atoms in total. The van der Waals surface area contributed by atoms with Crippen molar-refractivity contribution in [2.24, 2.45) is 0 Å². The fourth-order valence-corrected chi connectivity index (χ4v) is 3.44. The van der Waals surface area contributed by atoms with Crippen LogP contribution in [0.3, 0.4) is 0 Å². The van der Waals surface area contributed by atoms with E-state index in [1.165, 1.54) is 12.7 Å². The van der Waals surface area contributed by atoms with E-state index in [1.807, 2.05) is 42.5 Å². The van der Waals surface area contributed by atoms with E-state index in [2.05, 4.69) is 26.1 Å². The van der Waals surface area contributed by atoms with Gasteiger partial charge in [0, 0.05) is 30.6 Å². The smallest absolute Gasteiger partial charge is 0.255 e. The van der Waals surface area contributed by atoms with Crippen molar-refractivity contribution in [2.75, 3.05) is 30.5 Å². The van der Waals surface area contributed by atoms with E-state index in [0.29, 0.717) is 17.8 Å². The quantitative estimate of drug-likeness (QED) is 0.866. The molecule has 0 atom stereocenters. The standard InChI is InChI=1S/C23H28N2O3/c1-23(2,3)18-10-7-17(8-11-18)22(27)24-19-12-9-16-6-5-13-25(20(16)14-19)21(26)15-28-4/h7-12,14H,5-6,13,15H2,1-4H3,(H,24,27). The second kappa shape index (κ2) is 8.15. The first-order valence-corrected chi connectivity index (χ1v) is 9.64. The van der Waals surface area contributed by atoms with Gasteiger partial charge in [-0.05, 0) is 53.6 Å². The lowest BCUT2D eigenvalue weighted by Crippen LogP contribution is -2.37. The SMILES string of the molecule is COCC(=O)N1CCCc2ccc(NC(=O)c3ccc(C(C)(C)C)cc3)cc21. The van der Waals surface area contributed by atoms with Crippen LogP contribution in [0.4, 0.5) is 11.4 Å². The summed E-state index contributed by atoms with van der Waals surface area (Å²) >= 11 is 0. The maximum absolute atomic E-state index is 12.6. The van der Waals surface area contributed by atoms with E-state index in [1.54, 1.807) is 4.90 Å². The van der Waals surface area contributed by atoms with Crippen molar-refractivity contribution in [1.82, 2.24) is 0 Å². The van der Waals surface area contributed by atoms with Gasteiger partial charge in [0.2, 0.25) is 0 Å². The number of carbonyl (C=O) groups excluding carboxylic acids is 2. The number of aryl methyl sites for hydroxylation is 1. The molecule has 0 bridgehead atoms. The van der Waals surface area contributed by atoms with Crippen LogP contribution in [-0.4, -0.2) is 32.1 Å². The second-order valence-electron chi connectivity index (χ2n) is 8.21. The second-order valence-corrected chi connectivity index (χ2v) is 8.21. The van der Waals surface area contributed by atoms with Crippen LogP contribution in [0.5, 0.6) is 0 Å². The first kappa shape index (κ1) is 20.1. The highest BCUT2D eigenvalue weighted by molar-refractivity contribution is 6.05. The van der Waals surface area contributed by atoms with Crippen LogP contribution in [0.15, 0.2) is 42.5 Å². The van der Waals surface area contributed by atoms with Gasteiger partial charge in [-0.1, -0.05) is 39.0 Å². The number of nitrogens with zero attached hydrogens (tertiary/aromatic N) is 1. The summed E-state index contributed by atoms with van der Waals surface area (Å²) in [7, 11) is 1.52. The molecular weight excluding hydrogens is 352 g/mol. The predicted molar refractivity (Wildman–Crippen MR) is 112 cm³/mol. The van der Waals surface area contributed by atoms with Gasteiger partial charge in [-0.3, -0.25) is 9.59 Å². The molecule has 1 aliphatic heterocycles. The van der Waals surface area contributed by atoms with Crippen LogP contribution in [0, 0.1) is 0 Å². The Bertz CT molecular complexity index is 866. The Balaban J connectivity index is 1.79. The van der Waals surface area contributed by atoms with Crippen LogP contribution >= 0.6 is 0 Å². The van der Waals surface area contributed by atoms with Crippen LogP contribution in [0.2, 0.25) is 0 Å². The summed E-state index contributed by atoms with van der Waals surface area (Å²) in [5.74, 6) is -0.226. The zero-order valence-corrected chi connectivity index (χ0v) is 17.0. The number of benzene rings is 2. The summed E-state index contributed by atoms with van der Waals surface area (Å²) in [4.78, 5) is 26.7. The van der Waals surface area contributed by atoms with Crippen molar-refractivity contribution in [1.29, 1.82) is 0 Å². The Hall–Kier alpha value is -2.66. The molecule has 0 aromatic heterocycles. The number of methoxy groups -OCH3 is 1. The van der Waals surface area contributed by atoms with Gasteiger partial charge in [0.15, 0.2) is 0 Å². The van der Waals surface area contributed by atoms with Crippen molar-refractivity contribution >= 4 is 23.2 Å². The number of fused-ring (bicyclic) bond motifs is 1. The summed E-state index contributed by atoms with van der Waals surface area (Å²) in [6.45, 7) is 7.15. The van der Waals surface area contributed by atoms with E-state index in [-0.39, 0.29) is 23.8 Å². The molecular formula is C23H28N2O3. The van der Waals surface area contributed by atoms with Crippen LogP contribution in [0.1, 0.15) is 48.7 Å². The molecule has 0 unspecified atom stereocenters. The number of nitrogens with one attached hydrogen (secondary N) is 1. The minimum atomic E-state index is -0.161. The van der Waals surface area contributed by atoms with Gasteiger partial charge in [-0.25, -0.2) is 0 Å². The molecule has 2 aromatic rings. The predicted octanol–water partition coefficient (Wildman–Crippen LogP) is 4.16. The molecule has 148 valence electrons. The minimum absolute atomic E-state index is 0.0473. The number of hydrogen-bond donors (Lipinski definition) is 1. The van der Waals surface area contributed by atoms with Crippen molar-refractivity contribution in [2.45, 2.75) is 39.0 Å². The third-order valence-electron chi connectivity index (χ3n) is 5.04. The van der Waals surface area contributed by atoms with E-state index in [9.17, 15) is 9.59 Å². The first-order valence-electron chi connectivity index (χ1n) is 9.64. The summed E-state index contributed by atoms with van der Waals surface area (Å²) in [6, 6.07) is 13.4. The molecule has 3 rings (SSSR count). The fourth-order valence-electron chi connectivity index (χ4n) is 3.44. The maximum atomic E-state index is 12.6. The van der Waals surface area contributed by atoms with Gasteiger partial charge >= 0.3 is 0 Å². The molecule has 0 saturated carbocycles. The lowest BCUT2D eigenvalue weighted by atomic mass is 9.87. The maximum Gasteiger partial charge on any atom is 0.255 e. The highest BCUT2D eigenvalue weighted by Gasteiger charge is 2.23. The number of carbonyl (C=O) groups is 2. The molecule has 1 heterocycles. The minimum Gasteiger partial charge on any atom is -0.375 e. The van der Waals surface area contributed by atoms with Gasteiger partial charge in [0.25, 0.3) is 11.8 Å². The Morgan fingerprint density at radius 3 is 2.46 bits per heavy atom. The van der Waals surface area contributed by atoms with Gasteiger partial charge in [0.05, 0.1) is 0 Å². The van der Waals surface area contributed by atoms with E-state index in [0.717, 1.165) is 24.1 Å². The average Bonchev–Trinajstić information content (AvgIpc) is 2.67. The van der Waals surface area contributed by atoms with Crippen molar-refractivity contribution in [3.8, 4) is 0 Å². The first-order chi connectivity index (χ1) is 13.3. The number of anilines is 2. The molecule has 0 saturated heterocycles. The topological polar surface area (TPSA) is 58.6 Å². The number of hydrogen-bond acceptors (Lipinski definition) is 3. The van der Waals surface area contributed by atoms with Crippen LogP contribution < -0.4 is 10.2 Å². The lowest BCUT2D eigenvalue weighted by Gasteiger charge is -2.30. The molecule has 2 amide bonds. The average molecular weight is 380 g/mol. The Labute approximate surface area is 166 Å². The molecule has 28 heavy (non-hydrogen) atoms.